The van der Waals surface area contributed by atoms with Crippen LogP contribution >= 0.6 is 0 Å². The number of hydrogen-bond acceptors (Lipinski definition) is 4. The van der Waals surface area contributed by atoms with Crippen molar-refractivity contribution in [2.24, 2.45) is 5.41 Å². The number of ether oxygens (including phenoxy) is 1. The predicted octanol–water partition coefficient (Wildman–Crippen LogP) is 5.23. The molecule has 1 N–H and O–H groups in total. The highest BCUT2D eigenvalue weighted by molar-refractivity contribution is 6.00. The van der Waals surface area contributed by atoms with Crippen molar-refractivity contribution in [3.05, 3.63) is 95.2 Å². The standard InChI is InChI=1S/C27H31N3O3/c1-6-19-14-16-21(17-15-19)26(32)30(23(27(2,3)4)20-11-8-7-9-12-20)29-24(31)22-13-10-18-28-25(22)33-5/h7-18,23H,6H2,1-5H3,(H,29,31). The summed E-state index contributed by atoms with van der Waals surface area (Å²) in [5.74, 6) is -0.567. The smallest absolute Gasteiger partial charge is 0.275 e. The molecule has 0 aliphatic heterocycles. The van der Waals surface area contributed by atoms with E-state index in [0.717, 1.165) is 17.5 Å². The number of nitrogens with zero attached hydrogens (tertiary/aromatic N) is 2. The summed E-state index contributed by atoms with van der Waals surface area (Å²) < 4.78 is 5.26. The summed E-state index contributed by atoms with van der Waals surface area (Å²) in [7, 11) is 1.46. The molecule has 6 nitrogen and oxygen atoms in total. The van der Waals surface area contributed by atoms with Crippen molar-refractivity contribution in [3.63, 3.8) is 0 Å². The van der Waals surface area contributed by atoms with E-state index in [4.69, 9.17) is 4.74 Å². The van der Waals surface area contributed by atoms with Gasteiger partial charge in [0.2, 0.25) is 5.88 Å². The van der Waals surface area contributed by atoms with Crippen LogP contribution in [-0.2, 0) is 6.42 Å². The van der Waals surface area contributed by atoms with Crippen LogP contribution in [0.1, 0.15) is 65.6 Å². The fourth-order valence-corrected chi connectivity index (χ4v) is 3.82. The van der Waals surface area contributed by atoms with E-state index >= 15 is 0 Å². The largest absolute Gasteiger partial charge is 0.480 e. The van der Waals surface area contributed by atoms with Gasteiger partial charge in [-0.05, 0) is 47.2 Å². The van der Waals surface area contributed by atoms with Crippen molar-refractivity contribution >= 4 is 11.8 Å². The Hall–Kier alpha value is -3.67. The number of methoxy groups -OCH3 is 1. The lowest BCUT2D eigenvalue weighted by atomic mass is 9.81. The third kappa shape index (κ3) is 5.58. The van der Waals surface area contributed by atoms with Gasteiger partial charge in [-0.1, -0.05) is 70.2 Å². The summed E-state index contributed by atoms with van der Waals surface area (Å²) in [6.07, 6.45) is 2.43. The van der Waals surface area contributed by atoms with Gasteiger partial charge in [-0.2, -0.15) is 0 Å². The summed E-state index contributed by atoms with van der Waals surface area (Å²) in [6.45, 7) is 8.20. The molecular formula is C27H31N3O3. The van der Waals surface area contributed by atoms with Crippen molar-refractivity contribution in [1.82, 2.24) is 15.4 Å². The minimum Gasteiger partial charge on any atom is -0.480 e. The Labute approximate surface area is 195 Å². The highest BCUT2D eigenvalue weighted by atomic mass is 16.5. The molecule has 1 aromatic heterocycles. The second-order valence-corrected chi connectivity index (χ2v) is 8.91. The summed E-state index contributed by atoms with van der Waals surface area (Å²) in [6, 6.07) is 20.0. The van der Waals surface area contributed by atoms with Crippen LogP contribution in [0.5, 0.6) is 5.88 Å². The molecular weight excluding hydrogens is 414 g/mol. The zero-order chi connectivity index (χ0) is 24.0. The molecule has 0 aliphatic carbocycles. The molecule has 3 aromatic rings. The third-order valence-electron chi connectivity index (χ3n) is 5.45. The van der Waals surface area contributed by atoms with Crippen molar-refractivity contribution in [2.75, 3.05) is 7.11 Å². The van der Waals surface area contributed by atoms with Gasteiger partial charge in [0, 0.05) is 11.8 Å². The molecule has 0 saturated carbocycles. The highest BCUT2D eigenvalue weighted by Gasteiger charge is 2.37. The maximum atomic E-state index is 13.8. The van der Waals surface area contributed by atoms with Gasteiger partial charge in [-0.25, -0.2) is 9.99 Å². The van der Waals surface area contributed by atoms with Gasteiger partial charge in [0.15, 0.2) is 0 Å². The number of amides is 2. The SMILES string of the molecule is CCc1ccc(C(=O)N(NC(=O)c2cccnc2OC)C(c2ccccc2)C(C)(C)C)cc1. The van der Waals surface area contributed by atoms with Crippen molar-refractivity contribution < 1.29 is 14.3 Å². The minimum atomic E-state index is -0.469. The first-order valence-corrected chi connectivity index (χ1v) is 11.0. The molecule has 0 spiro atoms. The topological polar surface area (TPSA) is 71.5 Å². The van der Waals surface area contributed by atoms with Gasteiger partial charge in [0.05, 0.1) is 13.2 Å². The van der Waals surface area contributed by atoms with E-state index in [1.807, 2.05) is 63.2 Å². The van der Waals surface area contributed by atoms with Crippen molar-refractivity contribution in [2.45, 2.75) is 40.2 Å². The summed E-state index contributed by atoms with van der Waals surface area (Å²) >= 11 is 0. The monoisotopic (exact) mass is 445 g/mol. The Morgan fingerprint density at radius 3 is 2.24 bits per heavy atom. The minimum absolute atomic E-state index is 0.196. The van der Waals surface area contributed by atoms with Gasteiger partial charge in [-0.3, -0.25) is 15.0 Å². The molecule has 0 bridgehead atoms. The quantitative estimate of drug-likeness (QED) is 0.528. The third-order valence-corrected chi connectivity index (χ3v) is 5.45. The normalized spacial score (nSPS) is 12.0. The number of pyridine rings is 1. The van der Waals surface area contributed by atoms with Gasteiger partial charge in [-0.15, -0.1) is 0 Å². The van der Waals surface area contributed by atoms with Gasteiger partial charge >= 0.3 is 0 Å². The predicted molar refractivity (Wildman–Crippen MR) is 129 cm³/mol. The lowest BCUT2D eigenvalue weighted by Crippen LogP contribution is -2.51. The van der Waals surface area contributed by atoms with E-state index in [1.54, 1.807) is 30.5 Å². The number of hydrazine groups is 1. The van der Waals surface area contributed by atoms with Crippen LogP contribution < -0.4 is 10.2 Å². The van der Waals surface area contributed by atoms with Crippen LogP contribution in [0.2, 0.25) is 0 Å². The molecule has 0 aliphatic rings. The number of hydrogen-bond donors (Lipinski definition) is 1. The maximum Gasteiger partial charge on any atom is 0.275 e. The molecule has 2 amide bonds. The first-order chi connectivity index (χ1) is 15.8. The average molecular weight is 446 g/mol. The average Bonchev–Trinajstić information content (AvgIpc) is 2.83. The Morgan fingerprint density at radius 2 is 1.67 bits per heavy atom. The summed E-state index contributed by atoms with van der Waals surface area (Å²) in [5, 5.41) is 1.44. The van der Waals surface area contributed by atoms with E-state index in [9.17, 15) is 9.59 Å². The van der Waals surface area contributed by atoms with Crippen molar-refractivity contribution in [3.8, 4) is 5.88 Å². The molecule has 6 heteroatoms. The first kappa shape index (κ1) is 24.0. The zero-order valence-electron chi connectivity index (χ0n) is 19.8. The molecule has 0 fully saturated rings. The van der Waals surface area contributed by atoms with E-state index in [-0.39, 0.29) is 22.8 Å². The van der Waals surface area contributed by atoms with Crippen LogP contribution in [0.25, 0.3) is 0 Å². The molecule has 172 valence electrons. The van der Waals surface area contributed by atoms with Crippen LogP contribution in [0, 0.1) is 5.41 Å². The number of aryl methyl sites for hydroxylation is 1. The van der Waals surface area contributed by atoms with Crippen molar-refractivity contribution in [1.29, 1.82) is 0 Å². The molecule has 1 heterocycles. The number of carbonyl (C=O) groups is 2. The Balaban J connectivity index is 2.08. The molecule has 0 saturated heterocycles. The van der Waals surface area contributed by atoms with Crippen LogP contribution in [-0.4, -0.2) is 28.9 Å². The number of rotatable bonds is 6. The molecule has 1 atom stereocenters. The number of nitrogens with one attached hydrogen (secondary N) is 1. The Bertz CT molecular complexity index is 1090. The highest BCUT2D eigenvalue weighted by Crippen LogP contribution is 2.38. The van der Waals surface area contributed by atoms with Crippen LogP contribution in [0.15, 0.2) is 72.9 Å². The Morgan fingerprint density at radius 1 is 1.00 bits per heavy atom. The van der Waals surface area contributed by atoms with E-state index in [2.05, 4.69) is 17.3 Å². The summed E-state index contributed by atoms with van der Waals surface area (Å²) in [5.41, 5.74) is 5.28. The molecule has 2 aromatic carbocycles. The van der Waals surface area contributed by atoms with Gasteiger partial charge in [0.25, 0.3) is 11.8 Å². The van der Waals surface area contributed by atoms with E-state index < -0.39 is 11.9 Å². The second kappa shape index (κ2) is 10.3. The first-order valence-electron chi connectivity index (χ1n) is 11.0. The number of carbonyl (C=O) groups excluding carboxylic acids is 2. The van der Waals surface area contributed by atoms with Crippen LogP contribution in [0.3, 0.4) is 0 Å². The molecule has 3 rings (SSSR count). The number of aromatic nitrogens is 1. The maximum absolute atomic E-state index is 13.8. The van der Waals surface area contributed by atoms with Crippen LogP contribution in [0.4, 0.5) is 0 Å². The lowest BCUT2D eigenvalue weighted by Gasteiger charge is -2.40. The fourth-order valence-electron chi connectivity index (χ4n) is 3.82. The van der Waals surface area contributed by atoms with Gasteiger partial charge < -0.3 is 4.74 Å². The zero-order valence-corrected chi connectivity index (χ0v) is 19.8. The second-order valence-electron chi connectivity index (χ2n) is 8.91. The molecule has 0 radical (unpaired) electrons. The van der Waals surface area contributed by atoms with Gasteiger partial charge in [0.1, 0.15) is 5.56 Å². The number of benzene rings is 2. The Kier molecular flexibility index (Phi) is 7.48. The lowest BCUT2D eigenvalue weighted by molar-refractivity contribution is 0.0288. The fraction of sp³-hybridized carbons (Fsp3) is 0.296. The van der Waals surface area contributed by atoms with E-state index in [1.165, 1.54) is 12.1 Å². The van der Waals surface area contributed by atoms with E-state index in [0.29, 0.717) is 5.56 Å². The molecule has 33 heavy (non-hydrogen) atoms. The molecule has 1 unspecified atom stereocenters. The summed E-state index contributed by atoms with van der Waals surface area (Å²) in [4.78, 5) is 31.2.